The molecule has 0 spiro atoms. The maximum absolute atomic E-state index is 9.63. The topological polar surface area (TPSA) is 33.6 Å². The molecule has 0 fully saturated rings. The summed E-state index contributed by atoms with van der Waals surface area (Å²) >= 11 is 0. The van der Waals surface area contributed by atoms with Gasteiger partial charge in [0.05, 0.1) is 22.7 Å². The molecule has 47 heavy (non-hydrogen) atoms. The van der Waals surface area contributed by atoms with Crippen LogP contribution in [-0.4, -0.2) is 9.13 Å². The zero-order valence-corrected chi connectivity index (χ0v) is 25.9. The van der Waals surface area contributed by atoms with Crippen LogP contribution in [0.3, 0.4) is 0 Å². The first-order valence-corrected chi connectivity index (χ1v) is 15.9. The van der Waals surface area contributed by atoms with Crippen LogP contribution in [0, 0.1) is 11.3 Å². The largest absolute Gasteiger partial charge is 0.344 e. The van der Waals surface area contributed by atoms with Gasteiger partial charge >= 0.3 is 0 Å². The van der Waals surface area contributed by atoms with Gasteiger partial charge in [-0.2, -0.15) is 5.26 Å². The van der Waals surface area contributed by atoms with Gasteiger partial charge in [0.25, 0.3) is 0 Å². The van der Waals surface area contributed by atoms with Crippen molar-refractivity contribution in [3.05, 3.63) is 163 Å². The number of aromatic nitrogens is 2. The molecule has 0 aliphatic carbocycles. The number of benzene rings is 7. The molecule has 9 aromatic rings. The van der Waals surface area contributed by atoms with Crippen molar-refractivity contribution >= 4 is 43.6 Å². The normalized spacial score (nSPS) is 11.5. The molecule has 0 atom stereocenters. The molecule has 3 heteroatoms. The maximum atomic E-state index is 9.63. The van der Waals surface area contributed by atoms with Crippen LogP contribution in [0.25, 0.3) is 82.7 Å². The van der Waals surface area contributed by atoms with Gasteiger partial charge in [0.2, 0.25) is 0 Å². The van der Waals surface area contributed by atoms with Crippen molar-refractivity contribution in [3.8, 4) is 45.1 Å². The average molecular weight is 600 g/mol. The third-order valence-corrected chi connectivity index (χ3v) is 9.57. The van der Waals surface area contributed by atoms with Crippen LogP contribution in [0.15, 0.2) is 158 Å². The van der Waals surface area contributed by atoms with Crippen molar-refractivity contribution in [2.24, 2.45) is 7.05 Å². The van der Waals surface area contributed by atoms with E-state index in [0.717, 1.165) is 33.1 Å². The summed E-state index contributed by atoms with van der Waals surface area (Å²) in [5.74, 6) is 0. The Morgan fingerprint density at radius 2 is 1.04 bits per heavy atom. The number of aryl methyl sites for hydroxylation is 1. The second-order valence-electron chi connectivity index (χ2n) is 12.1. The molecular formula is C44H29N3. The van der Waals surface area contributed by atoms with Crippen LogP contribution in [0.1, 0.15) is 5.56 Å². The number of nitrogens with zero attached hydrogens (tertiary/aromatic N) is 3. The highest BCUT2D eigenvalue weighted by Gasteiger charge is 2.18. The summed E-state index contributed by atoms with van der Waals surface area (Å²) in [4.78, 5) is 0. The van der Waals surface area contributed by atoms with E-state index >= 15 is 0 Å². The first-order valence-electron chi connectivity index (χ1n) is 15.9. The lowest BCUT2D eigenvalue weighted by Crippen LogP contribution is -1.96. The molecule has 0 unspecified atom stereocenters. The lowest BCUT2D eigenvalue weighted by Gasteiger charge is -2.18. The zero-order chi connectivity index (χ0) is 31.5. The van der Waals surface area contributed by atoms with E-state index in [1.54, 1.807) is 0 Å². The third kappa shape index (κ3) is 4.20. The quantitative estimate of drug-likeness (QED) is 0.198. The molecule has 3 nitrogen and oxygen atoms in total. The van der Waals surface area contributed by atoms with E-state index in [2.05, 4.69) is 168 Å². The van der Waals surface area contributed by atoms with Crippen molar-refractivity contribution in [2.45, 2.75) is 0 Å². The van der Waals surface area contributed by atoms with E-state index in [9.17, 15) is 5.26 Å². The second kappa shape index (κ2) is 10.6. The van der Waals surface area contributed by atoms with E-state index in [1.807, 2.05) is 12.1 Å². The average Bonchev–Trinajstić information content (AvgIpc) is 3.62. The van der Waals surface area contributed by atoms with Crippen LogP contribution in [0.2, 0.25) is 0 Å². The summed E-state index contributed by atoms with van der Waals surface area (Å²) in [5.41, 5.74) is 13.5. The lowest BCUT2D eigenvalue weighted by atomic mass is 9.87. The van der Waals surface area contributed by atoms with Crippen LogP contribution in [0.5, 0.6) is 0 Å². The minimum atomic E-state index is 0.666. The van der Waals surface area contributed by atoms with Gasteiger partial charge in [0, 0.05) is 45.3 Å². The maximum Gasteiger partial charge on any atom is 0.0991 e. The minimum absolute atomic E-state index is 0.666. The second-order valence-corrected chi connectivity index (χ2v) is 12.1. The fraction of sp³-hybridized carbons (Fsp3) is 0.0227. The first-order chi connectivity index (χ1) is 23.2. The van der Waals surface area contributed by atoms with E-state index in [1.165, 1.54) is 49.6 Å². The zero-order valence-electron chi connectivity index (χ0n) is 25.9. The van der Waals surface area contributed by atoms with Crippen molar-refractivity contribution in [2.75, 3.05) is 0 Å². The van der Waals surface area contributed by atoms with Crippen LogP contribution >= 0.6 is 0 Å². The summed E-state index contributed by atoms with van der Waals surface area (Å²) in [6, 6.07) is 58.5. The van der Waals surface area contributed by atoms with Gasteiger partial charge in [-0.3, -0.25) is 0 Å². The van der Waals surface area contributed by atoms with Gasteiger partial charge < -0.3 is 9.13 Å². The minimum Gasteiger partial charge on any atom is -0.344 e. The molecule has 0 radical (unpaired) electrons. The summed E-state index contributed by atoms with van der Waals surface area (Å²) in [7, 11) is 2.15. The Bertz CT molecular complexity index is 2700. The fourth-order valence-electron chi connectivity index (χ4n) is 7.42. The third-order valence-electron chi connectivity index (χ3n) is 9.57. The molecule has 0 aliphatic rings. The molecule has 0 bridgehead atoms. The van der Waals surface area contributed by atoms with Crippen LogP contribution in [-0.2, 0) is 7.05 Å². The molecule has 7 aromatic carbocycles. The molecule has 0 amide bonds. The Morgan fingerprint density at radius 3 is 1.85 bits per heavy atom. The summed E-state index contributed by atoms with van der Waals surface area (Å²) in [6.07, 6.45) is 0. The number of rotatable bonds is 4. The standard InChI is InChI=1S/C44H29N3/c1-46-40-19-7-5-15-36(40)39-27-32(22-24-41(39)46)44-34(30-11-3-2-4-12-30)17-10-18-35(44)31-13-9-14-33(26-31)47-42-20-8-6-16-37(42)38-25-29(28-45)21-23-43(38)47/h2-27H,1H3. The van der Waals surface area contributed by atoms with Crippen LogP contribution < -0.4 is 0 Å². The Labute approximate surface area is 272 Å². The Morgan fingerprint density at radius 1 is 0.447 bits per heavy atom. The Balaban J connectivity index is 1.30. The van der Waals surface area contributed by atoms with Gasteiger partial charge in [0.15, 0.2) is 0 Å². The van der Waals surface area contributed by atoms with Gasteiger partial charge in [0.1, 0.15) is 0 Å². The predicted molar refractivity (Wildman–Crippen MR) is 196 cm³/mol. The fourth-order valence-corrected chi connectivity index (χ4v) is 7.42. The summed E-state index contributed by atoms with van der Waals surface area (Å²) in [6.45, 7) is 0. The molecule has 0 saturated carbocycles. The number of hydrogen-bond donors (Lipinski definition) is 0. The number of nitriles is 1. The molecular weight excluding hydrogens is 571 g/mol. The lowest BCUT2D eigenvalue weighted by molar-refractivity contribution is 1.01. The highest BCUT2D eigenvalue weighted by atomic mass is 15.0. The van der Waals surface area contributed by atoms with E-state index in [-0.39, 0.29) is 0 Å². The van der Waals surface area contributed by atoms with E-state index < -0.39 is 0 Å². The summed E-state index contributed by atoms with van der Waals surface area (Å²) < 4.78 is 4.60. The van der Waals surface area contributed by atoms with Gasteiger partial charge in [-0.1, -0.05) is 103 Å². The molecule has 2 aromatic heterocycles. The molecule has 220 valence electrons. The smallest absolute Gasteiger partial charge is 0.0991 e. The van der Waals surface area contributed by atoms with Crippen molar-refractivity contribution in [3.63, 3.8) is 0 Å². The molecule has 9 rings (SSSR count). The Hall–Kier alpha value is -6.37. The van der Waals surface area contributed by atoms with E-state index in [4.69, 9.17) is 0 Å². The highest BCUT2D eigenvalue weighted by Crippen LogP contribution is 2.43. The van der Waals surface area contributed by atoms with Crippen molar-refractivity contribution in [1.82, 2.24) is 9.13 Å². The number of fused-ring (bicyclic) bond motifs is 6. The predicted octanol–water partition coefficient (Wildman–Crippen LogP) is 11.3. The Kier molecular flexibility index (Phi) is 6.10. The van der Waals surface area contributed by atoms with Crippen LogP contribution in [0.4, 0.5) is 0 Å². The van der Waals surface area contributed by atoms with Crippen molar-refractivity contribution < 1.29 is 0 Å². The van der Waals surface area contributed by atoms with Crippen molar-refractivity contribution in [1.29, 1.82) is 5.26 Å². The summed E-state index contributed by atoms with van der Waals surface area (Å²) in [5, 5.41) is 14.4. The molecule has 0 N–H and O–H groups in total. The van der Waals surface area contributed by atoms with E-state index in [0.29, 0.717) is 5.56 Å². The molecule has 2 heterocycles. The molecule has 0 saturated heterocycles. The number of hydrogen-bond acceptors (Lipinski definition) is 1. The molecule has 0 aliphatic heterocycles. The van der Waals surface area contributed by atoms with Gasteiger partial charge in [-0.05, 0) is 88.0 Å². The first kappa shape index (κ1) is 27.0. The van der Waals surface area contributed by atoms with Gasteiger partial charge in [-0.25, -0.2) is 0 Å². The monoisotopic (exact) mass is 599 g/mol. The highest BCUT2D eigenvalue weighted by molar-refractivity contribution is 6.11. The van der Waals surface area contributed by atoms with Gasteiger partial charge in [-0.15, -0.1) is 0 Å². The number of para-hydroxylation sites is 2. The SMILES string of the molecule is Cn1c2ccccc2c2cc(-c3c(-c4ccccc4)cccc3-c3cccc(-n4c5ccccc5c5cc(C#N)ccc54)c3)ccc21.